The highest BCUT2D eigenvalue weighted by molar-refractivity contribution is 6.05. The maximum atomic E-state index is 12.8. The zero-order valence-electron chi connectivity index (χ0n) is 17.6. The van der Waals surface area contributed by atoms with Crippen molar-refractivity contribution in [1.29, 1.82) is 0 Å². The number of halogens is 3. The van der Waals surface area contributed by atoms with Gasteiger partial charge < -0.3 is 20.7 Å². The number of nitrogens with one attached hydrogen (secondary N) is 1. The van der Waals surface area contributed by atoms with Gasteiger partial charge in [-0.15, -0.1) is 0 Å². The molecule has 1 fully saturated rings. The first-order valence-corrected chi connectivity index (χ1v) is 10.2. The maximum absolute atomic E-state index is 12.8. The van der Waals surface area contributed by atoms with Gasteiger partial charge >= 0.3 is 6.18 Å². The Morgan fingerprint density at radius 2 is 1.97 bits per heavy atom. The fourth-order valence-electron chi connectivity index (χ4n) is 3.61. The number of pyridine rings is 1. The van der Waals surface area contributed by atoms with Crippen molar-refractivity contribution in [3.8, 4) is 11.6 Å². The van der Waals surface area contributed by atoms with Crippen LogP contribution in [0.15, 0.2) is 55.1 Å². The van der Waals surface area contributed by atoms with E-state index in [0.717, 1.165) is 12.1 Å². The molecule has 2 amide bonds. The topological polar surface area (TPSA) is 123 Å². The summed E-state index contributed by atoms with van der Waals surface area (Å²) < 4.78 is 44.0. The molecule has 0 saturated carbocycles. The number of alkyl halides is 3. The van der Waals surface area contributed by atoms with Crippen LogP contribution in [0.4, 0.5) is 24.5 Å². The molecule has 0 unspecified atom stereocenters. The van der Waals surface area contributed by atoms with Crippen LogP contribution in [0, 0.1) is 0 Å². The summed E-state index contributed by atoms with van der Waals surface area (Å²) >= 11 is 0. The Labute approximate surface area is 191 Å². The van der Waals surface area contributed by atoms with Gasteiger partial charge in [-0.2, -0.15) is 13.2 Å². The molecule has 0 radical (unpaired) electrons. The number of amides is 2. The Morgan fingerprint density at radius 1 is 1.15 bits per heavy atom. The highest BCUT2D eigenvalue weighted by atomic mass is 19.4. The summed E-state index contributed by atoms with van der Waals surface area (Å²) in [6.45, 7) is 0.506. The zero-order valence-corrected chi connectivity index (χ0v) is 17.6. The van der Waals surface area contributed by atoms with Crippen molar-refractivity contribution in [1.82, 2.24) is 15.0 Å². The number of nitrogens with zero attached hydrogens (tertiary/aromatic N) is 4. The van der Waals surface area contributed by atoms with Gasteiger partial charge in [-0.05, 0) is 37.1 Å². The molecule has 0 bridgehead atoms. The average molecular weight is 472 g/mol. The predicted octanol–water partition coefficient (Wildman–Crippen LogP) is 3.39. The van der Waals surface area contributed by atoms with Gasteiger partial charge in [0.25, 0.3) is 5.91 Å². The summed E-state index contributed by atoms with van der Waals surface area (Å²) in [6, 6.07) is 7.48. The first kappa shape index (κ1) is 23.0. The van der Waals surface area contributed by atoms with E-state index in [9.17, 15) is 22.8 Å². The van der Waals surface area contributed by atoms with Crippen LogP contribution < -0.4 is 20.7 Å². The third-order valence-electron chi connectivity index (χ3n) is 5.21. The Hall–Kier alpha value is -4.22. The summed E-state index contributed by atoms with van der Waals surface area (Å²) in [6.07, 6.45) is 0.0876. The van der Waals surface area contributed by atoms with Crippen LogP contribution >= 0.6 is 0 Å². The fraction of sp³-hybridized carbons (Fsp3) is 0.227. The van der Waals surface area contributed by atoms with Crippen LogP contribution in [0.2, 0.25) is 0 Å². The molecule has 3 N–H and O–H groups in total. The molecule has 1 aliphatic heterocycles. The maximum Gasteiger partial charge on any atom is 0.417 e. The van der Waals surface area contributed by atoms with Gasteiger partial charge in [0.15, 0.2) is 0 Å². The normalized spacial score (nSPS) is 15.7. The number of carbonyl (C=O) groups excluding carboxylic acids is 2. The van der Waals surface area contributed by atoms with Crippen LogP contribution in [0.25, 0.3) is 0 Å². The molecule has 1 atom stereocenters. The molecule has 1 saturated heterocycles. The summed E-state index contributed by atoms with van der Waals surface area (Å²) in [5, 5.41) is 2.76. The van der Waals surface area contributed by atoms with Crippen LogP contribution in [-0.2, 0) is 11.0 Å². The molecule has 3 aromatic rings. The smallest absolute Gasteiger partial charge is 0.417 e. The van der Waals surface area contributed by atoms with Gasteiger partial charge in [-0.1, -0.05) is 0 Å². The Morgan fingerprint density at radius 3 is 2.62 bits per heavy atom. The number of aromatic nitrogens is 3. The highest BCUT2D eigenvalue weighted by Crippen LogP contribution is 2.37. The number of nitrogens with two attached hydrogens (primary N) is 1. The minimum Gasteiger partial charge on any atom is -0.439 e. The summed E-state index contributed by atoms with van der Waals surface area (Å²) in [5.74, 6) is -0.806. The monoisotopic (exact) mass is 472 g/mol. The number of ether oxygens (including phenoxy) is 1. The van der Waals surface area contributed by atoms with Crippen molar-refractivity contribution in [2.24, 2.45) is 5.73 Å². The van der Waals surface area contributed by atoms with Crippen molar-refractivity contribution in [3.05, 3.63) is 66.4 Å². The molecule has 2 aromatic heterocycles. The van der Waals surface area contributed by atoms with Crippen LogP contribution in [0.3, 0.4) is 0 Å². The summed E-state index contributed by atoms with van der Waals surface area (Å²) in [4.78, 5) is 37.8. The second-order valence-electron chi connectivity index (χ2n) is 7.47. The molecule has 0 aliphatic carbocycles. The van der Waals surface area contributed by atoms with E-state index in [1.165, 1.54) is 24.7 Å². The lowest BCUT2D eigenvalue weighted by Crippen LogP contribution is -2.40. The van der Waals surface area contributed by atoms with Gasteiger partial charge in [0.1, 0.15) is 23.8 Å². The lowest BCUT2D eigenvalue weighted by atomic mass is 10.1. The number of anilines is 2. The van der Waals surface area contributed by atoms with E-state index in [-0.39, 0.29) is 17.3 Å². The van der Waals surface area contributed by atoms with E-state index in [1.54, 1.807) is 17.0 Å². The van der Waals surface area contributed by atoms with Crippen molar-refractivity contribution >= 4 is 23.2 Å². The molecule has 34 heavy (non-hydrogen) atoms. The average Bonchev–Trinajstić information content (AvgIpc) is 3.30. The fourth-order valence-corrected chi connectivity index (χ4v) is 3.61. The highest BCUT2D eigenvalue weighted by Gasteiger charge is 2.32. The van der Waals surface area contributed by atoms with E-state index in [1.807, 2.05) is 0 Å². The first-order valence-electron chi connectivity index (χ1n) is 10.2. The van der Waals surface area contributed by atoms with Gasteiger partial charge in [-0.25, -0.2) is 15.0 Å². The van der Waals surface area contributed by atoms with Crippen LogP contribution in [0.5, 0.6) is 11.6 Å². The number of hydrogen-bond donors (Lipinski definition) is 2. The first-order chi connectivity index (χ1) is 16.2. The number of hydrogen-bond acceptors (Lipinski definition) is 7. The lowest BCUT2D eigenvalue weighted by Gasteiger charge is -2.27. The molecule has 1 aromatic carbocycles. The quantitative estimate of drug-likeness (QED) is 0.564. The molecule has 176 valence electrons. The van der Waals surface area contributed by atoms with E-state index in [0.29, 0.717) is 37.0 Å². The SMILES string of the molecule is NC(=O)[C@@H]1CCCN1c1cc(Oc2ccc(C(F)(F)F)cn2)ccc1NC(=O)c1ccncn1. The molecule has 9 nitrogen and oxygen atoms in total. The Bertz CT molecular complexity index is 1190. The zero-order chi connectivity index (χ0) is 24.3. The second kappa shape index (κ2) is 9.33. The molecule has 1 aliphatic rings. The van der Waals surface area contributed by atoms with Crippen molar-refractivity contribution < 1.29 is 27.5 Å². The molecule has 0 spiro atoms. The number of primary amides is 1. The van der Waals surface area contributed by atoms with E-state index in [2.05, 4.69) is 20.3 Å². The Kier molecular flexibility index (Phi) is 6.30. The summed E-state index contributed by atoms with van der Waals surface area (Å²) in [7, 11) is 0. The number of rotatable bonds is 6. The lowest BCUT2D eigenvalue weighted by molar-refractivity contribution is -0.137. The van der Waals surface area contributed by atoms with Gasteiger partial charge in [-0.3, -0.25) is 9.59 Å². The molecule has 12 heteroatoms. The van der Waals surface area contributed by atoms with Gasteiger partial charge in [0.2, 0.25) is 11.8 Å². The molecular weight excluding hydrogens is 453 g/mol. The number of benzene rings is 1. The van der Waals surface area contributed by atoms with Crippen molar-refractivity contribution in [2.45, 2.75) is 25.1 Å². The minimum absolute atomic E-state index is 0.0513. The minimum atomic E-state index is -4.51. The molecule has 4 rings (SSSR count). The van der Waals surface area contributed by atoms with Crippen LogP contribution in [-0.4, -0.2) is 39.4 Å². The van der Waals surface area contributed by atoms with E-state index < -0.39 is 29.6 Å². The third-order valence-corrected chi connectivity index (χ3v) is 5.21. The van der Waals surface area contributed by atoms with Crippen molar-refractivity contribution in [2.75, 3.05) is 16.8 Å². The predicted molar refractivity (Wildman–Crippen MR) is 115 cm³/mol. The Balaban J connectivity index is 1.64. The molecular formula is C22H19F3N6O3. The van der Waals surface area contributed by atoms with Crippen molar-refractivity contribution in [3.63, 3.8) is 0 Å². The van der Waals surface area contributed by atoms with Gasteiger partial charge in [0.05, 0.1) is 16.9 Å². The van der Waals surface area contributed by atoms with E-state index >= 15 is 0 Å². The summed E-state index contributed by atoms with van der Waals surface area (Å²) in [5.41, 5.74) is 5.65. The second-order valence-corrected chi connectivity index (χ2v) is 7.47. The largest absolute Gasteiger partial charge is 0.439 e. The standard InChI is InChI=1S/C22H19F3N6O3/c23-22(24,25)13-3-6-19(28-11-13)34-14-4-5-15(30-21(33)16-7-8-27-12-29-16)18(10-14)31-9-1-2-17(31)20(26)32/h3-8,10-12,17H,1-2,9H2,(H2,26,32)(H,30,33)/t17-/m0/s1. The number of carbonyl (C=O) groups is 2. The third kappa shape index (κ3) is 5.05. The van der Waals surface area contributed by atoms with E-state index in [4.69, 9.17) is 10.5 Å². The molecule has 3 heterocycles. The van der Waals surface area contributed by atoms with Crippen LogP contribution in [0.1, 0.15) is 28.9 Å². The van der Waals surface area contributed by atoms with Gasteiger partial charge in [0, 0.05) is 31.1 Å².